The largest absolute Gasteiger partial charge is 0.399 e. The first-order valence-corrected chi connectivity index (χ1v) is 6.25. The number of nitrogen functional groups attached to an aromatic ring is 1. The first-order chi connectivity index (χ1) is 8.74. The molecule has 1 saturated heterocycles. The van der Waals surface area contributed by atoms with Crippen LogP contribution >= 0.6 is 0 Å². The highest BCUT2D eigenvalue weighted by Gasteiger charge is 2.18. The van der Waals surface area contributed by atoms with Gasteiger partial charge in [-0.05, 0) is 31.2 Å². The van der Waals surface area contributed by atoms with Crippen molar-refractivity contribution in [3.05, 3.63) is 30.5 Å². The molecule has 2 heterocycles. The van der Waals surface area contributed by atoms with Crippen LogP contribution in [0.25, 0.3) is 10.9 Å². The summed E-state index contributed by atoms with van der Waals surface area (Å²) in [6, 6.07) is 7.96. The number of nitrogens with zero attached hydrogens (tertiary/aromatic N) is 2. The Bertz CT molecular complexity index is 570. The minimum atomic E-state index is 0.274. The van der Waals surface area contributed by atoms with E-state index in [4.69, 9.17) is 10.5 Å². The van der Waals surface area contributed by atoms with E-state index >= 15 is 0 Å². The Morgan fingerprint density at radius 2 is 2.28 bits per heavy atom. The standard InChI is InChI=1S/C14H17N3O/c1-10-9-17(6-7-18-10)14-4-5-16-13-8-11(15)2-3-12(13)14/h2-5,8,10H,6-7,9,15H2,1H3. The zero-order valence-electron chi connectivity index (χ0n) is 10.5. The van der Waals surface area contributed by atoms with Crippen LogP contribution in [0.4, 0.5) is 11.4 Å². The monoisotopic (exact) mass is 243 g/mol. The van der Waals surface area contributed by atoms with Crippen molar-refractivity contribution in [1.82, 2.24) is 4.98 Å². The summed E-state index contributed by atoms with van der Waals surface area (Å²) in [6.07, 6.45) is 2.12. The predicted octanol–water partition coefficient (Wildman–Crippen LogP) is 2.04. The fourth-order valence-electron chi connectivity index (χ4n) is 2.46. The molecule has 18 heavy (non-hydrogen) atoms. The Morgan fingerprint density at radius 3 is 3.11 bits per heavy atom. The highest BCUT2D eigenvalue weighted by Crippen LogP contribution is 2.27. The van der Waals surface area contributed by atoms with E-state index in [1.54, 1.807) is 0 Å². The number of morpholine rings is 1. The molecule has 0 amide bonds. The lowest BCUT2D eigenvalue weighted by molar-refractivity contribution is 0.0533. The van der Waals surface area contributed by atoms with E-state index in [2.05, 4.69) is 22.9 Å². The zero-order valence-corrected chi connectivity index (χ0v) is 10.5. The Balaban J connectivity index is 2.05. The highest BCUT2D eigenvalue weighted by molar-refractivity contribution is 5.93. The molecule has 94 valence electrons. The predicted molar refractivity (Wildman–Crippen MR) is 73.8 cm³/mol. The summed E-state index contributed by atoms with van der Waals surface area (Å²) in [4.78, 5) is 6.73. The van der Waals surface area contributed by atoms with Gasteiger partial charge >= 0.3 is 0 Å². The summed E-state index contributed by atoms with van der Waals surface area (Å²) in [5.41, 5.74) is 8.72. The third-order valence-corrected chi connectivity index (χ3v) is 3.33. The van der Waals surface area contributed by atoms with Crippen LogP contribution in [0.5, 0.6) is 0 Å². The van der Waals surface area contributed by atoms with E-state index in [-0.39, 0.29) is 6.10 Å². The minimum absolute atomic E-state index is 0.274. The van der Waals surface area contributed by atoms with E-state index in [1.165, 1.54) is 5.69 Å². The summed E-state index contributed by atoms with van der Waals surface area (Å²) in [5.74, 6) is 0. The summed E-state index contributed by atoms with van der Waals surface area (Å²) < 4.78 is 5.58. The van der Waals surface area contributed by atoms with Gasteiger partial charge in [-0.25, -0.2) is 0 Å². The summed E-state index contributed by atoms with van der Waals surface area (Å²) in [7, 11) is 0. The number of benzene rings is 1. The fourth-order valence-corrected chi connectivity index (χ4v) is 2.46. The summed E-state index contributed by atoms with van der Waals surface area (Å²) >= 11 is 0. The average Bonchev–Trinajstić information content (AvgIpc) is 2.37. The number of rotatable bonds is 1. The van der Waals surface area contributed by atoms with Gasteiger partial charge in [0.1, 0.15) is 0 Å². The molecule has 0 spiro atoms. The van der Waals surface area contributed by atoms with Crippen molar-refractivity contribution in [2.45, 2.75) is 13.0 Å². The van der Waals surface area contributed by atoms with Gasteiger partial charge in [0.05, 0.1) is 18.2 Å². The first-order valence-electron chi connectivity index (χ1n) is 6.25. The van der Waals surface area contributed by atoms with Gasteiger partial charge < -0.3 is 15.4 Å². The van der Waals surface area contributed by atoms with Crippen molar-refractivity contribution >= 4 is 22.3 Å². The molecule has 1 fully saturated rings. The van der Waals surface area contributed by atoms with Crippen LogP contribution in [0.3, 0.4) is 0 Å². The molecule has 1 aromatic carbocycles. The number of ether oxygens (including phenoxy) is 1. The first kappa shape index (κ1) is 11.3. The number of pyridine rings is 1. The van der Waals surface area contributed by atoms with Gasteiger partial charge in [-0.2, -0.15) is 0 Å². The molecule has 0 bridgehead atoms. The Labute approximate surface area is 106 Å². The number of anilines is 2. The SMILES string of the molecule is CC1CN(c2ccnc3cc(N)ccc23)CCO1. The van der Waals surface area contributed by atoms with Crippen LogP contribution < -0.4 is 10.6 Å². The van der Waals surface area contributed by atoms with Crippen LogP contribution in [-0.2, 0) is 4.74 Å². The van der Waals surface area contributed by atoms with Gasteiger partial charge in [-0.15, -0.1) is 0 Å². The second-order valence-electron chi connectivity index (χ2n) is 4.73. The Morgan fingerprint density at radius 1 is 1.39 bits per heavy atom. The average molecular weight is 243 g/mol. The molecule has 1 aromatic heterocycles. The molecule has 2 N–H and O–H groups in total. The highest BCUT2D eigenvalue weighted by atomic mass is 16.5. The van der Waals surface area contributed by atoms with Crippen LogP contribution in [-0.4, -0.2) is 30.8 Å². The topological polar surface area (TPSA) is 51.4 Å². The van der Waals surface area contributed by atoms with Gasteiger partial charge in [-0.1, -0.05) is 0 Å². The van der Waals surface area contributed by atoms with Crippen molar-refractivity contribution in [3.63, 3.8) is 0 Å². The smallest absolute Gasteiger partial charge is 0.0743 e. The summed E-state index contributed by atoms with van der Waals surface area (Å²) in [6.45, 7) is 4.73. The lowest BCUT2D eigenvalue weighted by Gasteiger charge is -2.33. The Hall–Kier alpha value is -1.81. The van der Waals surface area contributed by atoms with Crippen LogP contribution in [0.2, 0.25) is 0 Å². The molecule has 1 unspecified atom stereocenters. The number of hydrogen-bond donors (Lipinski definition) is 1. The molecule has 0 saturated carbocycles. The third kappa shape index (κ3) is 1.99. The van der Waals surface area contributed by atoms with Crippen molar-refractivity contribution < 1.29 is 4.74 Å². The van der Waals surface area contributed by atoms with Gasteiger partial charge in [0.2, 0.25) is 0 Å². The van der Waals surface area contributed by atoms with Crippen molar-refractivity contribution in [2.75, 3.05) is 30.3 Å². The zero-order chi connectivity index (χ0) is 12.5. The molecule has 4 nitrogen and oxygen atoms in total. The van der Waals surface area contributed by atoms with Gasteiger partial charge in [0.25, 0.3) is 0 Å². The second kappa shape index (κ2) is 4.46. The van der Waals surface area contributed by atoms with Crippen molar-refractivity contribution in [2.24, 2.45) is 0 Å². The molecular formula is C14H17N3O. The fraction of sp³-hybridized carbons (Fsp3) is 0.357. The minimum Gasteiger partial charge on any atom is -0.399 e. The molecular weight excluding hydrogens is 226 g/mol. The van der Waals surface area contributed by atoms with E-state index < -0.39 is 0 Å². The van der Waals surface area contributed by atoms with Gasteiger partial charge in [-0.3, -0.25) is 4.98 Å². The molecule has 1 aliphatic rings. The van der Waals surface area contributed by atoms with Crippen molar-refractivity contribution in [1.29, 1.82) is 0 Å². The molecule has 0 aliphatic carbocycles. The molecule has 3 rings (SSSR count). The maximum Gasteiger partial charge on any atom is 0.0743 e. The van der Waals surface area contributed by atoms with E-state index in [0.29, 0.717) is 0 Å². The van der Waals surface area contributed by atoms with Gasteiger partial charge in [0.15, 0.2) is 0 Å². The van der Waals surface area contributed by atoms with Crippen molar-refractivity contribution in [3.8, 4) is 0 Å². The van der Waals surface area contributed by atoms with E-state index in [9.17, 15) is 0 Å². The quantitative estimate of drug-likeness (QED) is 0.779. The molecule has 1 atom stereocenters. The number of nitrogens with two attached hydrogens (primary N) is 1. The molecule has 4 heteroatoms. The molecule has 2 aromatic rings. The lowest BCUT2D eigenvalue weighted by Crippen LogP contribution is -2.41. The van der Waals surface area contributed by atoms with Gasteiger partial charge in [0, 0.05) is 36.0 Å². The molecule has 1 aliphatic heterocycles. The Kier molecular flexibility index (Phi) is 2.80. The maximum absolute atomic E-state index is 5.80. The number of hydrogen-bond acceptors (Lipinski definition) is 4. The third-order valence-electron chi connectivity index (χ3n) is 3.33. The normalized spacial score (nSPS) is 20.3. The van der Waals surface area contributed by atoms with Crippen LogP contribution in [0.15, 0.2) is 30.5 Å². The molecule has 0 radical (unpaired) electrons. The van der Waals surface area contributed by atoms with Crippen LogP contribution in [0, 0.1) is 0 Å². The van der Waals surface area contributed by atoms with Crippen LogP contribution in [0.1, 0.15) is 6.92 Å². The lowest BCUT2D eigenvalue weighted by atomic mass is 10.1. The second-order valence-corrected chi connectivity index (χ2v) is 4.73. The van der Waals surface area contributed by atoms with E-state index in [1.807, 2.05) is 24.4 Å². The number of fused-ring (bicyclic) bond motifs is 1. The maximum atomic E-state index is 5.80. The number of aromatic nitrogens is 1. The van der Waals surface area contributed by atoms with E-state index in [0.717, 1.165) is 36.3 Å². The summed E-state index contributed by atoms with van der Waals surface area (Å²) in [5, 5.41) is 1.15.